The van der Waals surface area contributed by atoms with E-state index in [1.165, 1.54) is 6.08 Å². The third-order valence-corrected chi connectivity index (χ3v) is 3.81. The summed E-state index contributed by atoms with van der Waals surface area (Å²) in [5, 5.41) is 0.450. The molecule has 0 bridgehead atoms. The van der Waals surface area contributed by atoms with Crippen molar-refractivity contribution in [3.05, 3.63) is 88.5 Å². The van der Waals surface area contributed by atoms with E-state index >= 15 is 0 Å². The fourth-order valence-electron chi connectivity index (χ4n) is 2.44. The Kier molecular flexibility index (Phi) is 4.68. The molecule has 0 unspecified atom stereocenters. The van der Waals surface area contributed by atoms with Crippen LogP contribution in [-0.4, -0.2) is 5.71 Å². The number of nitrogens with zero attached hydrogens (tertiary/aromatic N) is 1. The summed E-state index contributed by atoms with van der Waals surface area (Å²) in [5.74, 6) is -1.84. The molecule has 2 aromatic carbocycles. The van der Waals surface area contributed by atoms with Gasteiger partial charge in [0.05, 0.1) is 0 Å². The number of allylic oxidation sites excluding steroid dienone is 3. The molecular formula is C19H14ClF2N. The number of halogens is 3. The van der Waals surface area contributed by atoms with Gasteiger partial charge in [-0.1, -0.05) is 54.1 Å². The van der Waals surface area contributed by atoms with Crippen molar-refractivity contribution in [1.29, 1.82) is 0 Å². The van der Waals surface area contributed by atoms with Gasteiger partial charge in [-0.25, -0.2) is 13.8 Å². The summed E-state index contributed by atoms with van der Waals surface area (Å²) in [6.07, 6.45) is 2.20. The number of rotatable bonds is 2. The number of benzene rings is 2. The Bertz CT molecular complexity index is 807. The monoisotopic (exact) mass is 329 g/mol. The summed E-state index contributed by atoms with van der Waals surface area (Å²) >= 11 is 5.97. The van der Waals surface area contributed by atoms with E-state index in [0.29, 0.717) is 23.4 Å². The predicted molar refractivity (Wildman–Crippen MR) is 90.9 cm³/mol. The molecule has 0 amide bonds. The minimum atomic E-state index is -0.958. The predicted octanol–water partition coefficient (Wildman–Crippen LogP) is 6.11. The van der Waals surface area contributed by atoms with Gasteiger partial charge in [-0.05, 0) is 36.6 Å². The number of hydrogen-bond donors (Lipinski definition) is 0. The van der Waals surface area contributed by atoms with Crippen LogP contribution in [0.2, 0.25) is 5.02 Å². The van der Waals surface area contributed by atoms with Gasteiger partial charge in [-0.2, -0.15) is 0 Å². The molecule has 3 rings (SSSR count). The van der Waals surface area contributed by atoms with Crippen molar-refractivity contribution in [3.63, 3.8) is 0 Å². The maximum absolute atomic E-state index is 14.5. The Hall–Kier alpha value is -2.26. The second kappa shape index (κ2) is 6.88. The van der Waals surface area contributed by atoms with Crippen molar-refractivity contribution in [2.45, 2.75) is 12.8 Å². The van der Waals surface area contributed by atoms with Gasteiger partial charge in [0.1, 0.15) is 5.70 Å². The SMILES string of the molecule is FC1=C/CCC(c2ccccc2)=N/C(c2cccc(Cl)c2)=C\1F. The van der Waals surface area contributed by atoms with Gasteiger partial charge >= 0.3 is 0 Å². The van der Waals surface area contributed by atoms with Gasteiger partial charge in [0.2, 0.25) is 0 Å². The lowest BCUT2D eigenvalue weighted by atomic mass is 10.0. The number of hydrogen-bond acceptors (Lipinski definition) is 1. The van der Waals surface area contributed by atoms with Crippen molar-refractivity contribution >= 4 is 23.0 Å². The van der Waals surface area contributed by atoms with E-state index < -0.39 is 11.7 Å². The molecule has 116 valence electrons. The highest BCUT2D eigenvalue weighted by atomic mass is 35.5. The highest BCUT2D eigenvalue weighted by molar-refractivity contribution is 6.30. The van der Waals surface area contributed by atoms with Crippen LogP contribution < -0.4 is 0 Å². The number of aliphatic imine (C=N–C) groups is 1. The summed E-state index contributed by atoms with van der Waals surface area (Å²) in [6.45, 7) is 0. The van der Waals surface area contributed by atoms with Crippen LogP contribution in [0, 0.1) is 0 Å². The first-order valence-corrected chi connectivity index (χ1v) is 7.67. The van der Waals surface area contributed by atoms with Crippen LogP contribution in [0.15, 0.2) is 77.3 Å². The van der Waals surface area contributed by atoms with E-state index in [4.69, 9.17) is 11.6 Å². The quantitative estimate of drug-likeness (QED) is 0.630. The van der Waals surface area contributed by atoms with E-state index in [1.807, 2.05) is 30.3 Å². The zero-order valence-corrected chi connectivity index (χ0v) is 13.0. The van der Waals surface area contributed by atoms with Crippen molar-refractivity contribution in [2.75, 3.05) is 0 Å². The van der Waals surface area contributed by atoms with Crippen LogP contribution in [-0.2, 0) is 0 Å². The van der Waals surface area contributed by atoms with Crippen LogP contribution in [0.3, 0.4) is 0 Å². The van der Waals surface area contributed by atoms with Crippen molar-refractivity contribution in [1.82, 2.24) is 0 Å². The summed E-state index contributed by atoms with van der Waals surface area (Å²) in [4.78, 5) is 4.43. The van der Waals surface area contributed by atoms with Crippen LogP contribution in [0.25, 0.3) is 5.70 Å². The Morgan fingerprint density at radius 2 is 1.65 bits per heavy atom. The zero-order valence-electron chi connectivity index (χ0n) is 12.3. The molecule has 1 aliphatic rings. The third kappa shape index (κ3) is 3.57. The first-order valence-electron chi connectivity index (χ1n) is 7.30. The molecule has 1 aliphatic heterocycles. The lowest BCUT2D eigenvalue weighted by Crippen LogP contribution is -2.04. The first kappa shape index (κ1) is 15.6. The smallest absolute Gasteiger partial charge is 0.184 e. The van der Waals surface area contributed by atoms with E-state index in [0.717, 1.165) is 11.3 Å². The Balaban J connectivity index is 2.17. The fourth-order valence-corrected chi connectivity index (χ4v) is 2.64. The second-order valence-electron chi connectivity index (χ2n) is 5.19. The lowest BCUT2D eigenvalue weighted by Gasteiger charge is -2.12. The molecule has 0 radical (unpaired) electrons. The highest BCUT2D eigenvalue weighted by Gasteiger charge is 2.17. The van der Waals surface area contributed by atoms with E-state index in [9.17, 15) is 8.78 Å². The Labute approximate surface area is 138 Å². The molecule has 1 nitrogen and oxygen atoms in total. The normalized spacial score (nSPS) is 21.0. The molecule has 0 saturated heterocycles. The summed E-state index contributed by atoms with van der Waals surface area (Å²) in [6, 6.07) is 16.1. The molecule has 0 atom stereocenters. The molecule has 23 heavy (non-hydrogen) atoms. The molecule has 1 heterocycles. The summed E-state index contributed by atoms with van der Waals surface area (Å²) in [7, 11) is 0. The van der Waals surface area contributed by atoms with Gasteiger partial charge in [-0.3, -0.25) is 0 Å². The molecule has 0 aliphatic carbocycles. The molecule has 2 aromatic rings. The highest BCUT2D eigenvalue weighted by Crippen LogP contribution is 2.31. The average molecular weight is 330 g/mol. The maximum atomic E-state index is 14.5. The molecular weight excluding hydrogens is 316 g/mol. The van der Waals surface area contributed by atoms with Gasteiger partial charge in [0, 0.05) is 16.3 Å². The maximum Gasteiger partial charge on any atom is 0.184 e. The first-order chi connectivity index (χ1) is 11.1. The zero-order chi connectivity index (χ0) is 16.2. The minimum absolute atomic E-state index is 0.0280. The molecule has 0 N–H and O–H groups in total. The molecule has 4 heteroatoms. The van der Waals surface area contributed by atoms with Crippen LogP contribution in [0.1, 0.15) is 24.0 Å². The minimum Gasteiger partial charge on any atom is -0.249 e. The van der Waals surface area contributed by atoms with Gasteiger partial charge in [0.25, 0.3) is 0 Å². The largest absolute Gasteiger partial charge is 0.249 e. The van der Waals surface area contributed by atoms with E-state index in [-0.39, 0.29) is 5.70 Å². The summed E-state index contributed by atoms with van der Waals surface area (Å²) in [5.41, 5.74) is 2.05. The molecule has 0 fully saturated rings. The average Bonchev–Trinajstić information content (AvgIpc) is 2.56. The molecule has 0 aromatic heterocycles. The van der Waals surface area contributed by atoms with Gasteiger partial charge in [0.15, 0.2) is 11.7 Å². The van der Waals surface area contributed by atoms with Crippen LogP contribution in [0.4, 0.5) is 8.78 Å². The van der Waals surface area contributed by atoms with E-state index in [2.05, 4.69) is 4.99 Å². The Morgan fingerprint density at radius 3 is 2.39 bits per heavy atom. The molecule has 0 spiro atoms. The molecule has 0 saturated carbocycles. The summed E-state index contributed by atoms with van der Waals surface area (Å²) < 4.78 is 28.4. The van der Waals surface area contributed by atoms with Crippen LogP contribution in [0.5, 0.6) is 0 Å². The van der Waals surface area contributed by atoms with Crippen molar-refractivity contribution in [3.8, 4) is 0 Å². The van der Waals surface area contributed by atoms with Gasteiger partial charge in [-0.15, -0.1) is 0 Å². The lowest BCUT2D eigenvalue weighted by molar-refractivity contribution is 0.542. The third-order valence-electron chi connectivity index (χ3n) is 3.57. The second-order valence-corrected chi connectivity index (χ2v) is 5.62. The fraction of sp³-hybridized carbons (Fsp3) is 0.105. The van der Waals surface area contributed by atoms with E-state index in [1.54, 1.807) is 24.3 Å². The van der Waals surface area contributed by atoms with Crippen molar-refractivity contribution in [2.24, 2.45) is 4.99 Å². The van der Waals surface area contributed by atoms with Crippen LogP contribution >= 0.6 is 11.6 Å². The van der Waals surface area contributed by atoms with Crippen molar-refractivity contribution < 1.29 is 8.78 Å². The standard InChI is InChI=1S/C19H14ClF2N/c20-15-9-4-8-14(12-15)19-18(22)16(21)10-5-11-17(23-19)13-6-2-1-3-7-13/h1-4,6-10,12H,5,11H2/b16-10+,19-18+,23-17?. The Morgan fingerprint density at radius 1 is 0.913 bits per heavy atom. The topological polar surface area (TPSA) is 12.4 Å². The van der Waals surface area contributed by atoms with Gasteiger partial charge < -0.3 is 0 Å².